The molecular weight excluding hydrogens is 539 g/mol. The van der Waals surface area contributed by atoms with Crippen LogP contribution in [0.4, 0.5) is 0 Å². The van der Waals surface area contributed by atoms with Crippen LogP contribution >= 0.6 is 34.5 Å². The number of carbonyl (C=O) groups is 1. The van der Waals surface area contributed by atoms with Crippen molar-refractivity contribution in [1.82, 2.24) is 10.1 Å². The zero-order valence-electron chi connectivity index (χ0n) is 19.3. The Bertz CT molecular complexity index is 1500. The van der Waals surface area contributed by atoms with Crippen LogP contribution in [0.3, 0.4) is 0 Å². The van der Waals surface area contributed by atoms with Gasteiger partial charge in [-0.2, -0.15) is 4.98 Å². The lowest BCUT2D eigenvalue weighted by molar-refractivity contribution is -0.117. The molecule has 0 saturated heterocycles. The minimum atomic E-state index is -3.27. The fourth-order valence-electron chi connectivity index (χ4n) is 4.31. The third-order valence-corrected chi connectivity index (χ3v) is 9.59. The molecule has 0 bridgehead atoms. The molecular formula is C26H22Cl2N2O4S2. The summed E-state index contributed by atoms with van der Waals surface area (Å²) in [6.45, 7) is 1.60. The van der Waals surface area contributed by atoms with E-state index in [0.29, 0.717) is 27.3 Å². The number of rotatable bonds is 9. The first-order valence-electron chi connectivity index (χ1n) is 11.4. The average molecular weight is 562 g/mol. The molecule has 5 rings (SSSR count). The summed E-state index contributed by atoms with van der Waals surface area (Å²) in [5.74, 6) is 1.04. The van der Waals surface area contributed by atoms with Crippen LogP contribution in [0.1, 0.15) is 42.3 Å². The highest BCUT2D eigenvalue weighted by atomic mass is 35.5. The number of hydrogen-bond acceptors (Lipinski definition) is 7. The molecule has 0 atom stereocenters. The summed E-state index contributed by atoms with van der Waals surface area (Å²) in [6.07, 6.45) is 1.95. The molecule has 0 unspecified atom stereocenters. The highest BCUT2D eigenvalue weighted by Gasteiger charge is 2.52. The number of thiophene rings is 1. The lowest BCUT2D eigenvalue weighted by Crippen LogP contribution is -2.13. The van der Waals surface area contributed by atoms with Crippen molar-refractivity contribution in [3.8, 4) is 10.8 Å². The smallest absolute Gasteiger partial charge is 0.268 e. The number of hydrogen-bond donors (Lipinski definition) is 0. The second kappa shape index (κ2) is 9.74. The molecule has 1 aliphatic carbocycles. The predicted octanol–water partition coefficient (Wildman–Crippen LogP) is 6.33. The molecule has 1 saturated carbocycles. The van der Waals surface area contributed by atoms with Gasteiger partial charge < -0.3 is 4.52 Å². The summed E-state index contributed by atoms with van der Waals surface area (Å²) in [6, 6.07) is 13.8. The Balaban J connectivity index is 1.32. The van der Waals surface area contributed by atoms with Gasteiger partial charge in [-0.3, -0.25) is 4.79 Å². The van der Waals surface area contributed by atoms with Crippen molar-refractivity contribution in [1.29, 1.82) is 0 Å². The molecule has 0 spiro atoms. The lowest BCUT2D eigenvalue weighted by atomic mass is 9.92. The van der Waals surface area contributed by atoms with Crippen molar-refractivity contribution in [2.75, 3.05) is 5.75 Å². The Kier molecular flexibility index (Phi) is 6.80. The number of benzene rings is 2. The molecule has 0 N–H and O–H groups in total. The van der Waals surface area contributed by atoms with Crippen LogP contribution in [-0.2, 0) is 32.9 Å². The Morgan fingerprint density at radius 1 is 1.06 bits per heavy atom. The number of Topliss-reactive ketones (excluding diaryl/α,β-unsaturated/α-hetero) is 1. The van der Waals surface area contributed by atoms with Gasteiger partial charge in [-0.25, -0.2) is 8.42 Å². The molecule has 4 aromatic rings. The summed E-state index contributed by atoms with van der Waals surface area (Å²) in [4.78, 5) is 18.5. The quantitative estimate of drug-likeness (QED) is 0.237. The Labute approximate surface area is 223 Å². The van der Waals surface area contributed by atoms with E-state index < -0.39 is 15.3 Å². The topological polar surface area (TPSA) is 90.1 Å². The Hall–Kier alpha value is -2.52. The number of carbonyl (C=O) groups excluding carboxylic acids is 1. The number of aromatic nitrogens is 2. The Morgan fingerprint density at radius 2 is 1.72 bits per heavy atom. The summed E-state index contributed by atoms with van der Waals surface area (Å²) >= 11 is 14.9. The first-order valence-corrected chi connectivity index (χ1v) is 14.7. The minimum absolute atomic E-state index is 0.0270. The van der Waals surface area contributed by atoms with Crippen LogP contribution in [-0.4, -0.2) is 30.1 Å². The molecule has 2 aromatic heterocycles. The SMILES string of the molecule is CCS(=O)(=O)c1ccc(CC(=O)Cc2cc(Cl)c(C3(c4noc(-c5cccs5)n4)CC3)c(Cl)c2)cc1. The van der Waals surface area contributed by atoms with Gasteiger partial charge >= 0.3 is 0 Å². The zero-order chi connectivity index (χ0) is 25.5. The van der Waals surface area contributed by atoms with E-state index in [0.717, 1.165) is 28.8 Å². The van der Waals surface area contributed by atoms with Crippen molar-refractivity contribution in [3.05, 3.63) is 86.5 Å². The first kappa shape index (κ1) is 25.1. The maximum atomic E-state index is 12.7. The highest BCUT2D eigenvalue weighted by Crippen LogP contribution is 2.56. The molecule has 2 aromatic carbocycles. The largest absolute Gasteiger partial charge is 0.333 e. The third-order valence-electron chi connectivity index (χ3n) is 6.38. The molecule has 6 nitrogen and oxygen atoms in total. The van der Waals surface area contributed by atoms with Gasteiger partial charge in [0.2, 0.25) is 0 Å². The Morgan fingerprint density at radius 3 is 2.31 bits per heavy atom. The van der Waals surface area contributed by atoms with Crippen LogP contribution in [0, 0.1) is 0 Å². The highest BCUT2D eigenvalue weighted by molar-refractivity contribution is 7.91. The van der Waals surface area contributed by atoms with Crippen LogP contribution in [0.15, 0.2) is 63.3 Å². The van der Waals surface area contributed by atoms with Gasteiger partial charge in [-0.05, 0) is 59.7 Å². The van der Waals surface area contributed by atoms with E-state index in [4.69, 9.17) is 27.7 Å². The van der Waals surface area contributed by atoms with Gasteiger partial charge in [0, 0.05) is 28.5 Å². The van der Waals surface area contributed by atoms with E-state index in [1.165, 1.54) is 11.3 Å². The molecule has 1 fully saturated rings. The normalized spacial score (nSPS) is 14.6. The van der Waals surface area contributed by atoms with Crippen molar-refractivity contribution < 1.29 is 17.7 Å². The summed E-state index contributed by atoms with van der Waals surface area (Å²) in [7, 11) is -3.27. The zero-order valence-corrected chi connectivity index (χ0v) is 22.5. The van der Waals surface area contributed by atoms with Gasteiger partial charge in [-0.15, -0.1) is 11.3 Å². The van der Waals surface area contributed by atoms with E-state index in [1.54, 1.807) is 43.3 Å². The van der Waals surface area contributed by atoms with Crippen LogP contribution in [0.25, 0.3) is 10.8 Å². The monoisotopic (exact) mass is 560 g/mol. The van der Waals surface area contributed by atoms with Crippen molar-refractivity contribution in [2.24, 2.45) is 0 Å². The van der Waals surface area contributed by atoms with Crippen molar-refractivity contribution in [3.63, 3.8) is 0 Å². The molecule has 1 aliphatic rings. The van der Waals surface area contributed by atoms with Gasteiger partial charge in [0.15, 0.2) is 15.7 Å². The molecule has 0 radical (unpaired) electrons. The summed E-state index contributed by atoms with van der Waals surface area (Å²) in [5.41, 5.74) is 1.73. The van der Waals surface area contributed by atoms with E-state index in [9.17, 15) is 13.2 Å². The minimum Gasteiger partial charge on any atom is -0.333 e. The summed E-state index contributed by atoms with van der Waals surface area (Å²) in [5, 5.41) is 7.11. The standard InChI is InChI=1S/C26H22Cl2N2O4S2/c1-2-36(32,33)19-7-5-16(6-8-19)12-18(31)13-17-14-20(27)23(21(28)15-17)26(9-10-26)25-29-24(34-30-25)22-4-3-11-35-22/h3-8,11,14-15H,2,9-10,12-13H2,1H3. The predicted molar refractivity (Wildman–Crippen MR) is 141 cm³/mol. The first-order chi connectivity index (χ1) is 17.2. The summed E-state index contributed by atoms with van der Waals surface area (Å²) < 4.78 is 29.5. The number of sulfone groups is 1. The number of ketones is 1. The average Bonchev–Trinajstić information content (AvgIpc) is 3.23. The van der Waals surface area contributed by atoms with E-state index >= 15 is 0 Å². The van der Waals surface area contributed by atoms with Gasteiger partial charge in [0.1, 0.15) is 5.78 Å². The van der Waals surface area contributed by atoms with Gasteiger partial charge in [0.25, 0.3) is 5.89 Å². The van der Waals surface area contributed by atoms with Crippen LogP contribution in [0.2, 0.25) is 10.0 Å². The van der Waals surface area contributed by atoms with E-state index in [2.05, 4.69) is 10.1 Å². The second-order valence-electron chi connectivity index (χ2n) is 8.86. The number of nitrogens with zero attached hydrogens (tertiary/aromatic N) is 2. The lowest BCUT2D eigenvalue weighted by Gasteiger charge is -2.16. The molecule has 10 heteroatoms. The van der Waals surface area contributed by atoms with Crippen LogP contribution in [0.5, 0.6) is 0 Å². The van der Waals surface area contributed by atoms with Crippen LogP contribution < -0.4 is 0 Å². The third kappa shape index (κ3) is 4.87. The van der Waals surface area contributed by atoms with E-state index in [1.807, 2.05) is 17.5 Å². The van der Waals surface area contributed by atoms with Gasteiger partial charge in [-0.1, -0.05) is 53.5 Å². The number of halogens is 2. The van der Waals surface area contributed by atoms with Crippen molar-refractivity contribution in [2.45, 2.75) is 42.9 Å². The molecule has 0 aliphatic heterocycles. The molecule has 2 heterocycles. The van der Waals surface area contributed by atoms with E-state index in [-0.39, 0.29) is 29.3 Å². The molecule has 186 valence electrons. The molecule has 36 heavy (non-hydrogen) atoms. The fourth-order valence-corrected chi connectivity index (χ4v) is 6.74. The second-order valence-corrected chi connectivity index (χ2v) is 12.9. The maximum absolute atomic E-state index is 12.7. The van der Waals surface area contributed by atoms with Gasteiger partial charge in [0.05, 0.1) is 20.9 Å². The maximum Gasteiger partial charge on any atom is 0.268 e. The van der Waals surface area contributed by atoms with Crippen molar-refractivity contribution >= 4 is 50.2 Å². The molecule has 0 amide bonds. The fraction of sp³-hybridized carbons (Fsp3) is 0.269.